The van der Waals surface area contributed by atoms with Crippen molar-refractivity contribution >= 4 is 22.9 Å². The molecule has 0 aliphatic carbocycles. The standard InChI is InChI=1S/C27H22N4OS/c1-19-23-12-6-5-8-20(23)16-27(22-10-3-2-4-11-22)30(19)14-15-31(27)26(32)24-18-33-25(29-24)21-9-7-13-28-17-21/h2-13,17-18H,1,14-16H2. The number of rotatable bonds is 3. The summed E-state index contributed by atoms with van der Waals surface area (Å²) in [6.07, 6.45) is 4.22. The second-order valence-corrected chi connectivity index (χ2v) is 9.21. The fourth-order valence-electron chi connectivity index (χ4n) is 5.15. The van der Waals surface area contributed by atoms with Gasteiger partial charge < -0.3 is 9.80 Å². The Morgan fingerprint density at radius 1 is 1.00 bits per heavy atom. The monoisotopic (exact) mass is 450 g/mol. The van der Waals surface area contributed by atoms with Crippen LogP contribution in [-0.2, 0) is 12.1 Å². The van der Waals surface area contributed by atoms with Crippen molar-refractivity contribution in [1.29, 1.82) is 0 Å². The Bertz CT molecular complexity index is 1350. The molecule has 1 fully saturated rings. The zero-order valence-electron chi connectivity index (χ0n) is 18.0. The number of benzene rings is 2. The molecule has 6 rings (SSSR count). The fraction of sp³-hybridized carbons (Fsp3) is 0.148. The summed E-state index contributed by atoms with van der Waals surface area (Å²) in [5, 5.41) is 2.66. The van der Waals surface area contributed by atoms with Gasteiger partial charge in [0.15, 0.2) is 0 Å². The maximum absolute atomic E-state index is 13.9. The average Bonchev–Trinajstić information content (AvgIpc) is 3.51. The summed E-state index contributed by atoms with van der Waals surface area (Å²) in [5.41, 5.74) is 5.19. The lowest BCUT2D eigenvalue weighted by molar-refractivity contribution is 0.0293. The van der Waals surface area contributed by atoms with Gasteiger partial charge in [-0.1, -0.05) is 61.2 Å². The van der Waals surface area contributed by atoms with E-state index in [-0.39, 0.29) is 5.91 Å². The normalized spacial score (nSPS) is 19.3. The maximum atomic E-state index is 13.9. The predicted molar refractivity (Wildman–Crippen MR) is 130 cm³/mol. The van der Waals surface area contributed by atoms with Crippen molar-refractivity contribution in [3.8, 4) is 10.6 Å². The van der Waals surface area contributed by atoms with E-state index in [1.807, 2.05) is 46.7 Å². The first-order chi connectivity index (χ1) is 16.2. The van der Waals surface area contributed by atoms with Gasteiger partial charge in [-0.2, -0.15) is 0 Å². The lowest BCUT2D eigenvalue weighted by atomic mass is 9.83. The molecule has 0 spiro atoms. The Labute approximate surface area is 196 Å². The molecule has 33 heavy (non-hydrogen) atoms. The molecular formula is C27H22N4OS. The summed E-state index contributed by atoms with van der Waals surface area (Å²) in [6.45, 7) is 5.79. The van der Waals surface area contributed by atoms with E-state index < -0.39 is 5.66 Å². The Morgan fingerprint density at radius 3 is 2.64 bits per heavy atom. The lowest BCUT2D eigenvalue weighted by Crippen LogP contribution is -2.55. The number of thiazole rings is 1. The summed E-state index contributed by atoms with van der Waals surface area (Å²) in [4.78, 5) is 27.1. The molecule has 5 nitrogen and oxygen atoms in total. The maximum Gasteiger partial charge on any atom is 0.275 e. The highest BCUT2D eigenvalue weighted by Crippen LogP contribution is 2.49. The number of fused-ring (bicyclic) bond motifs is 2. The molecule has 1 saturated heterocycles. The number of hydrogen-bond donors (Lipinski definition) is 0. The minimum Gasteiger partial charge on any atom is -0.343 e. The van der Waals surface area contributed by atoms with E-state index in [9.17, 15) is 4.79 Å². The Morgan fingerprint density at radius 2 is 1.82 bits per heavy atom. The van der Waals surface area contributed by atoms with Crippen molar-refractivity contribution in [3.05, 3.63) is 113 Å². The van der Waals surface area contributed by atoms with Crippen molar-refractivity contribution < 1.29 is 4.79 Å². The molecule has 4 heterocycles. The molecule has 0 saturated carbocycles. The summed E-state index contributed by atoms with van der Waals surface area (Å²) < 4.78 is 0. The van der Waals surface area contributed by atoms with Gasteiger partial charge in [-0.3, -0.25) is 9.78 Å². The summed E-state index contributed by atoms with van der Waals surface area (Å²) in [7, 11) is 0. The molecule has 1 atom stereocenters. The smallest absolute Gasteiger partial charge is 0.275 e. The van der Waals surface area contributed by atoms with Crippen LogP contribution in [-0.4, -0.2) is 38.8 Å². The minimum absolute atomic E-state index is 0.0556. The molecule has 2 aromatic carbocycles. The number of pyridine rings is 1. The van der Waals surface area contributed by atoms with Crippen molar-refractivity contribution in [1.82, 2.24) is 19.8 Å². The predicted octanol–water partition coefficient (Wildman–Crippen LogP) is 5.04. The van der Waals surface area contributed by atoms with Gasteiger partial charge in [0.05, 0.1) is 0 Å². The minimum atomic E-state index is -0.623. The van der Waals surface area contributed by atoms with E-state index in [0.29, 0.717) is 18.7 Å². The van der Waals surface area contributed by atoms with Crippen LogP contribution in [0.15, 0.2) is 91.1 Å². The van der Waals surface area contributed by atoms with Crippen LogP contribution < -0.4 is 0 Å². The largest absolute Gasteiger partial charge is 0.343 e. The van der Waals surface area contributed by atoms with E-state index >= 15 is 0 Å². The second-order valence-electron chi connectivity index (χ2n) is 8.35. The van der Waals surface area contributed by atoms with Crippen molar-refractivity contribution in [2.45, 2.75) is 12.1 Å². The van der Waals surface area contributed by atoms with Crippen LogP contribution in [0.5, 0.6) is 0 Å². The van der Waals surface area contributed by atoms with Gasteiger partial charge in [0.25, 0.3) is 5.91 Å². The summed E-state index contributed by atoms with van der Waals surface area (Å²) in [5.74, 6) is -0.0556. The molecule has 0 bridgehead atoms. The highest BCUT2D eigenvalue weighted by molar-refractivity contribution is 7.13. The quantitative estimate of drug-likeness (QED) is 0.439. The van der Waals surface area contributed by atoms with Gasteiger partial charge in [-0.25, -0.2) is 4.98 Å². The highest BCUT2D eigenvalue weighted by atomic mass is 32.1. The van der Waals surface area contributed by atoms with Gasteiger partial charge in [0.1, 0.15) is 16.4 Å². The molecule has 0 radical (unpaired) electrons. The van der Waals surface area contributed by atoms with Crippen molar-refractivity contribution in [2.24, 2.45) is 0 Å². The van der Waals surface area contributed by atoms with Crippen LogP contribution in [0.3, 0.4) is 0 Å². The number of aromatic nitrogens is 2. The Hall–Kier alpha value is -3.77. The number of nitrogens with zero attached hydrogens (tertiary/aromatic N) is 4. The molecule has 2 aliphatic rings. The average molecular weight is 451 g/mol. The summed E-state index contributed by atoms with van der Waals surface area (Å²) >= 11 is 1.47. The van der Waals surface area contributed by atoms with Crippen LogP contribution in [0.25, 0.3) is 16.3 Å². The lowest BCUT2D eigenvalue weighted by Gasteiger charge is -2.49. The van der Waals surface area contributed by atoms with E-state index in [2.05, 4.69) is 46.8 Å². The summed E-state index contributed by atoms with van der Waals surface area (Å²) in [6, 6.07) is 22.5. The van der Waals surface area contributed by atoms with Gasteiger partial charge in [0, 0.05) is 54.1 Å². The molecular weight excluding hydrogens is 428 g/mol. The Kier molecular flexibility index (Phi) is 4.62. The van der Waals surface area contributed by atoms with Crippen LogP contribution in [0.4, 0.5) is 0 Å². The van der Waals surface area contributed by atoms with Crippen LogP contribution in [0.1, 0.15) is 27.2 Å². The molecule has 162 valence electrons. The van der Waals surface area contributed by atoms with Gasteiger partial charge in [-0.05, 0) is 23.3 Å². The zero-order valence-corrected chi connectivity index (χ0v) is 18.8. The third-order valence-corrected chi connectivity index (χ3v) is 7.54. The first-order valence-electron chi connectivity index (χ1n) is 11.0. The first-order valence-corrected chi connectivity index (χ1v) is 11.8. The highest BCUT2D eigenvalue weighted by Gasteiger charge is 2.54. The molecule has 2 aliphatic heterocycles. The van der Waals surface area contributed by atoms with Crippen LogP contribution in [0.2, 0.25) is 0 Å². The van der Waals surface area contributed by atoms with E-state index in [0.717, 1.165) is 33.9 Å². The topological polar surface area (TPSA) is 49.3 Å². The first kappa shape index (κ1) is 19.9. The van der Waals surface area contributed by atoms with Crippen LogP contribution in [0, 0.1) is 0 Å². The van der Waals surface area contributed by atoms with Crippen LogP contribution >= 0.6 is 11.3 Å². The van der Waals surface area contributed by atoms with Crippen molar-refractivity contribution in [3.63, 3.8) is 0 Å². The molecule has 4 aromatic rings. The van der Waals surface area contributed by atoms with Gasteiger partial charge >= 0.3 is 0 Å². The van der Waals surface area contributed by atoms with E-state index in [1.54, 1.807) is 12.4 Å². The number of hydrogen-bond acceptors (Lipinski definition) is 5. The number of carbonyl (C=O) groups is 1. The van der Waals surface area contributed by atoms with E-state index in [1.165, 1.54) is 16.9 Å². The zero-order chi connectivity index (χ0) is 22.4. The van der Waals surface area contributed by atoms with Gasteiger partial charge in [-0.15, -0.1) is 11.3 Å². The van der Waals surface area contributed by atoms with Gasteiger partial charge in [0.2, 0.25) is 0 Å². The third-order valence-electron chi connectivity index (χ3n) is 6.64. The second kappa shape index (κ2) is 7.67. The molecule has 1 amide bonds. The fourth-order valence-corrected chi connectivity index (χ4v) is 5.94. The van der Waals surface area contributed by atoms with E-state index in [4.69, 9.17) is 4.98 Å². The number of amides is 1. The third kappa shape index (κ3) is 3.02. The Balaban J connectivity index is 1.45. The molecule has 1 unspecified atom stereocenters. The molecule has 0 N–H and O–H groups in total. The number of carbonyl (C=O) groups excluding carboxylic acids is 1. The molecule has 2 aromatic heterocycles. The molecule has 6 heteroatoms. The van der Waals surface area contributed by atoms with Crippen molar-refractivity contribution in [2.75, 3.05) is 13.1 Å². The SMILES string of the molecule is C=C1c2ccccc2CC2(c3ccccc3)N1CCN2C(=O)c1csc(-c2cccnc2)n1.